The quantitative estimate of drug-likeness (QED) is 0.607. The van der Waals surface area contributed by atoms with Gasteiger partial charge < -0.3 is 5.73 Å². The van der Waals surface area contributed by atoms with Crippen molar-refractivity contribution in [3.63, 3.8) is 0 Å². The first-order chi connectivity index (χ1) is 7.50. The van der Waals surface area contributed by atoms with Gasteiger partial charge in [0, 0.05) is 17.7 Å². The van der Waals surface area contributed by atoms with Crippen LogP contribution in [0.15, 0.2) is 18.2 Å². The smallest absolute Gasteiger partial charge is 0.164 e. The van der Waals surface area contributed by atoms with Gasteiger partial charge in [0.15, 0.2) is 5.78 Å². The van der Waals surface area contributed by atoms with Gasteiger partial charge in [-0.3, -0.25) is 4.79 Å². The highest BCUT2D eigenvalue weighted by molar-refractivity contribution is 6.00. The van der Waals surface area contributed by atoms with Gasteiger partial charge in [-0.2, -0.15) is 0 Å². The molecule has 0 atom stereocenters. The number of carbonyl (C=O) groups is 1. The van der Waals surface area contributed by atoms with E-state index in [2.05, 4.69) is 13.8 Å². The van der Waals surface area contributed by atoms with Crippen molar-refractivity contribution in [2.24, 2.45) is 5.92 Å². The average molecular weight is 219 g/mol. The molecule has 1 aromatic carbocycles. The zero-order chi connectivity index (χ0) is 12.1. The number of Topliss-reactive ketones (excluding diaryl/α,β-unsaturated/α-hetero) is 1. The minimum Gasteiger partial charge on any atom is -0.398 e. The standard InChI is InChI=1S/C14H21NO/c1-10(2)5-4-6-14(16)12-9-11(3)7-8-13(12)15/h7-10H,4-6,15H2,1-3H3. The normalized spacial score (nSPS) is 10.8. The molecule has 0 fully saturated rings. The third-order valence-corrected chi connectivity index (χ3v) is 2.69. The van der Waals surface area contributed by atoms with Crippen molar-refractivity contribution < 1.29 is 4.79 Å². The monoisotopic (exact) mass is 219 g/mol. The highest BCUT2D eigenvalue weighted by atomic mass is 16.1. The van der Waals surface area contributed by atoms with Gasteiger partial charge in [-0.1, -0.05) is 31.9 Å². The number of anilines is 1. The van der Waals surface area contributed by atoms with E-state index < -0.39 is 0 Å². The summed E-state index contributed by atoms with van der Waals surface area (Å²) in [7, 11) is 0. The number of hydrogen-bond donors (Lipinski definition) is 1. The first kappa shape index (κ1) is 12.8. The van der Waals surface area contributed by atoms with E-state index in [1.165, 1.54) is 0 Å². The third kappa shape index (κ3) is 3.69. The number of rotatable bonds is 5. The summed E-state index contributed by atoms with van der Waals surface area (Å²) in [6.45, 7) is 6.32. The molecule has 88 valence electrons. The first-order valence-corrected chi connectivity index (χ1v) is 5.90. The molecule has 0 saturated carbocycles. The summed E-state index contributed by atoms with van der Waals surface area (Å²) in [6, 6.07) is 5.62. The Morgan fingerprint density at radius 2 is 2.06 bits per heavy atom. The van der Waals surface area contributed by atoms with Gasteiger partial charge in [0.25, 0.3) is 0 Å². The molecular weight excluding hydrogens is 198 g/mol. The summed E-state index contributed by atoms with van der Waals surface area (Å²) in [5, 5.41) is 0. The number of carbonyl (C=O) groups excluding carboxylic acids is 1. The summed E-state index contributed by atoms with van der Waals surface area (Å²) in [5.74, 6) is 0.824. The molecule has 0 heterocycles. The SMILES string of the molecule is Cc1ccc(N)c(C(=O)CCCC(C)C)c1. The van der Waals surface area contributed by atoms with Crippen molar-refractivity contribution >= 4 is 11.5 Å². The van der Waals surface area contributed by atoms with Gasteiger partial charge in [0.05, 0.1) is 0 Å². The molecule has 2 nitrogen and oxygen atoms in total. The molecule has 0 aliphatic heterocycles. The summed E-state index contributed by atoms with van der Waals surface area (Å²) in [6.07, 6.45) is 2.65. The van der Waals surface area contributed by atoms with Crippen LogP contribution in [0, 0.1) is 12.8 Å². The van der Waals surface area contributed by atoms with Crippen molar-refractivity contribution in [2.45, 2.75) is 40.0 Å². The molecule has 1 aromatic rings. The largest absolute Gasteiger partial charge is 0.398 e. The number of nitrogens with two attached hydrogens (primary N) is 1. The highest BCUT2D eigenvalue weighted by Gasteiger charge is 2.09. The Bertz CT molecular complexity index is 369. The van der Waals surface area contributed by atoms with Crippen LogP contribution in [-0.4, -0.2) is 5.78 Å². The van der Waals surface area contributed by atoms with Gasteiger partial charge in [-0.15, -0.1) is 0 Å². The first-order valence-electron chi connectivity index (χ1n) is 5.90. The molecular formula is C14H21NO. The van der Waals surface area contributed by atoms with Crippen LogP contribution in [0.2, 0.25) is 0 Å². The molecule has 0 aliphatic carbocycles. The summed E-state index contributed by atoms with van der Waals surface area (Å²) >= 11 is 0. The second kappa shape index (κ2) is 5.69. The number of aryl methyl sites for hydroxylation is 1. The van der Waals surface area contributed by atoms with E-state index in [1.54, 1.807) is 0 Å². The van der Waals surface area contributed by atoms with Gasteiger partial charge >= 0.3 is 0 Å². The number of benzene rings is 1. The second-order valence-electron chi connectivity index (χ2n) is 4.80. The van der Waals surface area contributed by atoms with Gasteiger partial charge in [-0.05, 0) is 31.4 Å². The Kier molecular flexibility index (Phi) is 4.53. The van der Waals surface area contributed by atoms with E-state index in [4.69, 9.17) is 5.73 Å². The van der Waals surface area contributed by atoms with Crippen LogP contribution in [-0.2, 0) is 0 Å². The Labute approximate surface area is 97.9 Å². The fourth-order valence-electron chi connectivity index (χ4n) is 1.72. The molecule has 2 N–H and O–H groups in total. The lowest BCUT2D eigenvalue weighted by molar-refractivity contribution is 0.0979. The number of nitrogen functional groups attached to an aromatic ring is 1. The molecule has 0 radical (unpaired) electrons. The Balaban J connectivity index is 2.62. The molecule has 0 aliphatic rings. The summed E-state index contributed by atoms with van der Waals surface area (Å²) < 4.78 is 0. The van der Waals surface area contributed by atoms with Crippen molar-refractivity contribution in [1.82, 2.24) is 0 Å². The van der Waals surface area contributed by atoms with E-state index >= 15 is 0 Å². The van der Waals surface area contributed by atoms with E-state index in [0.717, 1.165) is 18.4 Å². The maximum absolute atomic E-state index is 11.9. The lowest BCUT2D eigenvalue weighted by atomic mass is 9.99. The van der Waals surface area contributed by atoms with Gasteiger partial charge in [0.1, 0.15) is 0 Å². The van der Waals surface area contributed by atoms with Gasteiger partial charge in [0.2, 0.25) is 0 Å². The summed E-state index contributed by atoms with van der Waals surface area (Å²) in [4.78, 5) is 11.9. The fourth-order valence-corrected chi connectivity index (χ4v) is 1.72. The Morgan fingerprint density at radius 3 is 2.69 bits per heavy atom. The lowest BCUT2D eigenvalue weighted by Gasteiger charge is -2.07. The average Bonchev–Trinajstić information content (AvgIpc) is 2.21. The molecule has 0 saturated heterocycles. The fraction of sp³-hybridized carbons (Fsp3) is 0.500. The van der Waals surface area contributed by atoms with Crippen molar-refractivity contribution in [2.75, 3.05) is 5.73 Å². The van der Waals surface area contributed by atoms with Crippen LogP contribution in [0.3, 0.4) is 0 Å². The van der Waals surface area contributed by atoms with Crippen LogP contribution >= 0.6 is 0 Å². The molecule has 2 heteroatoms. The third-order valence-electron chi connectivity index (χ3n) is 2.69. The van der Waals surface area contributed by atoms with Crippen molar-refractivity contribution in [3.8, 4) is 0 Å². The minimum absolute atomic E-state index is 0.168. The molecule has 1 rings (SSSR count). The van der Waals surface area contributed by atoms with Crippen molar-refractivity contribution in [1.29, 1.82) is 0 Å². The molecule has 0 unspecified atom stereocenters. The van der Waals surface area contributed by atoms with E-state index in [-0.39, 0.29) is 5.78 Å². The van der Waals surface area contributed by atoms with E-state index in [1.807, 2.05) is 25.1 Å². The molecule has 16 heavy (non-hydrogen) atoms. The zero-order valence-corrected chi connectivity index (χ0v) is 10.4. The van der Waals surface area contributed by atoms with Crippen LogP contribution in [0.5, 0.6) is 0 Å². The van der Waals surface area contributed by atoms with Crippen LogP contribution < -0.4 is 5.73 Å². The maximum atomic E-state index is 11.9. The van der Waals surface area contributed by atoms with Gasteiger partial charge in [-0.25, -0.2) is 0 Å². The zero-order valence-electron chi connectivity index (χ0n) is 10.4. The van der Waals surface area contributed by atoms with E-state index in [9.17, 15) is 4.79 Å². The van der Waals surface area contributed by atoms with E-state index in [0.29, 0.717) is 23.6 Å². The van der Waals surface area contributed by atoms with Crippen molar-refractivity contribution in [3.05, 3.63) is 29.3 Å². The minimum atomic E-state index is 0.168. The summed E-state index contributed by atoms with van der Waals surface area (Å²) in [5.41, 5.74) is 8.17. The predicted octanol–water partition coefficient (Wildman–Crippen LogP) is 3.59. The van der Waals surface area contributed by atoms with Crippen LogP contribution in [0.4, 0.5) is 5.69 Å². The number of ketones is 1. The maximum Gasteiger partial charge on any atom is 0.164 e. The molecule has 0 bridgehead atoms. The van der Waals surface area contributed by atoms with Crippen LogP contribution in [0.1, 0.15) is 49.0 Å². The predicted molar refractivity (Wildman–Crippen MR) is 68.6 cm³/mol. The lowest BCUT2D eigenvalue weighted by Crippen LogP contribution is -2.04. The second-order valence-corrected chi connectivity index (χ2v) is 4.80. The van der Waals surface area contributed by atoms with Crippen LogP contribution in [0.25, 0.3) is 0 Å². The molecule has 0 aromatic heterocycles. The Morgan fingerprint density at radius 1 is 1.38 bits per heavy atom. The number of hydrogen-bond acceptors (Lipinski definition) is 2. The topological polar surface area (TPSA) is 43.1 Å². The molecule has 0 spiro atoms. The Hall–Kier alpha value is -1.31. The molecule has 0 amide bonds. The highest BCUT2D eigenvalue weighted by Crippen LogP contribution is 2.17.